The predicted octanol–water partition coefficient (Wildman–Crippen LogP) is 1.99. The van der Waals surface area contributed by atoms with Crippen LogP contribution in [0.3, 0.4) is 0 Å². The molecule has 0 fully saturated rings. The summed E-state index contributed by atoms with van der Waals surface area (Å²) < 4.78 is 1.76. The van der Waals surface area contributed by atoms with Crippen LogP contribution in [0.1, 0.15) is 11.1 Å². The molecule has 1 aromatic heterocycles. The number of aryl methyl sites for hydroxylation is 1. The number of benzene rings is 1. The Morgan fingerprint density at radius 2 is 2.26 bits per heavy atom. The second-order valence-electron chi connectivity index (χ2n) is 4.43. The third-order valence-electron chi connectivity index (χ3n) is 2.85. The zero-order valence-electron chi connectivity index (χ0n) is 10.9. The highest BCUT2D eigenvalue weighted by molar-refractivity contribution is 6.34. The lowest BCUT2D eigenvalue weighted by atomic mass is 10.1. The van der Waals surface area contributed by atoms with Crippen molar-refractivity contribution in [2.75, 3.05) is 11.9 Å². The van der Waals surface area contributed by atoms with Crippen LogP contribution in [-0.2, 0) is 13.6 Å². The Labute approximate surface area is 117 Å². The first-order valence-electron chi connectivity index (χ1n) is 5.80. The van der Waals surface area contributed by atoms with Crippen molar-refractivity contribution >= 4 is 23.1 Å². The van der Waals surface area contributed by atoms with E-state index in [-0.39, 0.29) is 5.84 Å². The summed E-state index contributed by atoms with van der Waals surface area (Å²) >= 11 is 6.11. The van der Waals surface area contributed by atoms with E-state index >= 15 is 0 Å². The standard InChI is InChI=1S/C13H16ClN5/c1-18(7-9-6-17-19(2)8-9)11-5-3-4-10(14)12(11)13(15)16/h3-6,8H,7H2,1-2H3,(H3,15,16). The van der Waals surface area contributed by atoms with E-state index in [1.165, 1.54) is 0 Å². The van der Waals surface area contributed by atoms with E-state index in [0.717, 1.165) is 11.3 Å². The van der Waals surface area contributed by atoms with Crippen molar-refractivity contribution in [2.45, 2.75) is 6.54 Å². The molecular weight excluding hydrogens is 262 g/mol. The Hall–Kier alpha value is -2.01. The summed E-state index contributed by atoms with van der Waals surface area (Å²) in [5.41, 5.74) is 8.09. The van der Waals surface area contributed by atoms with Crippen molar-refractivity contribution in [3.8, 4) is 0 Å². The first-order chi connectivity index (χ1) is 8.99. The number of hydrogen-bond donors (Lipinski definition) is 2. The second-order valence-corrected chi connectivity index (χ2v) is 4.83. The van der Waals surface area contributed by atoms with Crippen molar-refractivity contribution in [3.05, 3.63) is 46.7 Å². The van der Waals surface area contributed by atoms with Gasteiger partial charge in [0.05, 0.1) is 16.8 Å². The van der Waals surface area contributed by atoms with E-state index in [4.69, 9.17) is 22.7 Å². The van der Waals surface area contributed by atoms with Gasteiger partial charge in [-0.1, -0.05) is 17.7 Å². The fourth-order valence-electron chi connectivity index (χ4n) is 2.01. The van der Waals surface area contributed by atoms with Gasteiger partial charge in [-0.05, 0) is 12.1 Å². The summed E-state index contributed by atoms with van der Waals surface area (Å²) in [4.78, 5) is 2.00. The van der Waals surface area contributed by atoms with Crippen molar-refractivity contribution in [2.24, 2.45) is 12.8 Å². The molecule has 6 heteroatoms. The third-order valence-corrected chi connectivity index (χ3v) is 3.17. The average Bonchev–Trinajstić information content (AvgIpc) is 2.73. The molecule has 19 heavy (non-hydrogen) atoms. The van der Waals surface area contributed by atoms with E-state index in [0.29, 0.717) is 17.1 Å². The summed E-state index contributed by atoms with van der Waals surface area (Å²) in [5.74, 6) is -0.0290. The van der Waals surface area contributed by atoms with Crippen LogP contribution in [0.4, 0.5) is 5.69 Å². The van der Waals surface area contributed by atoms with Gasteiger partial charge in [-0.3, -0.25) is 10.1 Å². The van der Waals surface area contributed by atoms with Gasteiger partial charge in [0.1, 0.15) is 5.84 Å². The number of nitrogen functional groups attached to an aromatic ring is 1. The number of nitrogens with zero attached hydrogens (tertiary/aromatic N) is 3. The lowest BCUT2D eigenvalue weighted by Gasteiger charge is -2.22. The number of amidine groups is 1. The summed E-state index contributed by atoms with van der Waals surface area (Å²) in [6.07, 6.45) is 3.77. The Balaban J connectivity index is 2.31. The second kappa shape index (κ2) is 5.32. The molecule has 2 rings (SSSR count). The summed E-state index contributed by atoms with van der Waals surface area (Å²) in [7, 11) is 3.81. The van der Waals surface area contributed by atoms with Gasteiger partial charge in [0.25, 0.3) is 0 Å². The summed E-state index contributed by atoms with van der Waals surface area (Å²) in [5, 5.41) is 12.3. The molecule has 0 unspecified atom stereocenters. The van der Waals surface area contributed by atoms with Crippen LogP contribution in [0.25, 0.3) is 0 Å². The maximum atomic E-state index is 7.64. The molecule has 0 radical (unpaired) electrons. The Morgan fingerprint density at radius 3 is 2.84 bits per heavy atom. The normalized spacial score (nSPS) is 10.5. The number of halogens is 1. The number of nitrogens with one attached hydrogen (secondary N) is 1. The number of nitrogens with two attached hydrogens (primary N) is 1. The van der Waals surface area contributed by atoms with Gasteiger partial charge >= 0.3 is 0 Å². The van der Waals surface area contributed by atoms with Crippen LogP contribution in [0.15, 0.2) is 30.6 Å². The molecule has 0 aliphatic carbocycles. The van der Waals surface area contributed by atoms with Crippen LogP contribution in [0.2, 0.25) is 5.02 Å². The molecule has 0 atom stereocenters. The first kappa shape index (κ1) is 13.4. The number of aromatic nitrogens is 2. The van der Waals surface area contributed by atoms with Crippen molar-refractivity contribution < 1.29 is 0 Å². The van der Waals surface area contributed by atoms with Gasteiger partial charge in [-0.2, -0.15) is 5.10 Å². The van der Waals surface area contributed by atoms with Crippen molar-refractivity contribution in [1.29, 1.82) is 5.41 Å². The van der Waals surface area contributed by atoms with E-state index in [9.17, 15) is 0 Å². The van der Waals surface area contributed by atoms with Gasteiger partial charge < -0.3 is 10.6 Å². The minimum Gasteiger partial charge on any atom is -0.384 e. The molecule has 0 aliphatic rings. The van der Waals surface area contributed by atoms with E-state index < -0.39 is 0 Å². The molecule has 0 saturated carbocycles. The van der Waals surface area contributed by atoms with Gasteiger partial charge in [0.2, 0.25) is 0 Å². The van der Waals surface area contributed by atoms with Crippen LogP contribution in [0.5, 0.6) is 0 Å². The predicted molar refractivity (Wildman–Crippen MR) is 77.8 cm³/mol. The van der Waals surface area contributed by atoms with Crippen molar-refractivity contribution in [3.63, 3.8) is 0 Å². The lowest BCUT2D eigenvalue weighted by Crippen LogP contribution is -2.22. The SMILES string of the molecule is CN(Cc1cnn(C)c1)c1cccc(Cl)c1C(=N)N. The fraction of sp³-hybridized carbons (Fsp3) is 0.231. The maximum Gasteiger partial charge on any atom is 0.126 e. The minimum atomic E-state index is -0.0290. The monoisotopic (exact) mass is 277 g/mol. The molecule has 0 saturated heterocycles. The smallest absolute Gasteiger partial charge is 0.126 e. The molecule has 0 spiro atoms. The molecule has 1 heterocycles. The number of anilines is 1. The third kappa shape index (κ3) is 2.88. The molecule has 3 N–H and O–H groups in total. The summed E-state index contributed by atoms with van der Waals surface area (Å²) in [6, 6.07) is 5.49. The largest absolute Gasteiger partial charge is 0.384 e. The first-order valence-corrected chi connectivity index (χ1v) is 6.18. The molecule has 5 nitrogen and oxygen atoms in total. The molecule has 100 valence electrons. The van der Waals surface area contributed by atoms with Crippen molar-refractivity contribution in [1.82, 2.24) is 9.78 Å². The molecule has 1 aromatic carbocycles. The van der Waals surface area contributed by atoms with Crippen LogP contribution >= 0.6 is 11.6 Å². The van der Waals surface area contributed by atoms with E-state index in [2.05, 4.69) is 5.10 Å². The van der Waals surface area contributed by atoms with Crippen LogP contribution in [-0.4, -0.2) is 22.7 Å². The lowest BCUT2D eigenvalue weighted by molar-refractivity contribution is 0.766. The maximum absolute atomic E-state index is 7.64. The molecule has 0 aliphatic heterocycles. The number of hydrogen-bond acceptors (Lipinski definition) is 3. The van der Waals surface area contributed by atoms with Crippen LogP contribution in [0, 0.1) is 5.41 Å². The van der Waals surface area contributed by atoms with Gasteiger partial charge in [0.15, 0.2) is 0 Å². The van der Waals surface area contributed by atoms with E-state index in [1.54, 1.807) is 10.7 Å². The molecular formula is C13H16ClN5. The Morgan fingerprint density at radius 1 is 1.53 bits per heavy atom. The zero-order chi connectivity index (χ0) is 14.0. The average molecular weight is 278 g/mol. The highest BCUT2D eigenvalue weighted by Crippen LogP contribution is 2.27. The molecule has 0 bridgehead atoms. The molecule has 0 amide bonds. The van der Waals surface area contributed by atoms with Gasteiger partial charge in [-0.15, -0.1) is 0 Å². The Kier molecular flexibility index (Phi) is 3.76. The minimum absolute atomic E-state index is 0.0290. The van der Waals surface area contributed by atoms with Gasteiger partial charge in [0, 0.05) is 38.1 Å². The van der Waals surface area contributed by atoms with E-state index in [1.807, 2.05) is 43.5 Å². The summed E-state index contributed by atoms with van der Waals surface area (Å²) in [6.45, 7) is 0.675. The van der Waals surface area contributed by atoms with Gasteiger partial charge in [-0.25, -0.2) is 0 Å². The zero-order valence-corrected chi connectivity index (χ0v) is 11.6. The molecule has 2 aromatic rings. The fourth-order valence-corrected chi connectivity index (χ4v) is 2.28. The Bertz CT molecular complexity index is 605. The van der Waals surface area contributed by atoms with Crippen LogP contribution < -0.4 is 10.6 Å². The highest BCUT2D eigenvalue weighted by Gasteiger charge is 2.14. The quantitative estimate of drug-likeness (QED) is 0.663. The highest BCUT2D eigenvalue weighted by atomic mass is 35.5. The topological polar surface area (TPSA) is 70.9 Å². The number of rotatable bonds is 4.